The van der Waals surface area contributed by atoms with Crippen LogP contribution in [0.1, 0.15) is 34.5 Å². The number of hydrogen-bond acceptors (Lipinski definition) is 6. The SMILES string of the molecule is Cc1occc1-c1nnc(SCc2ccc(C(=O)N3CCCC3)cc2)o1. The van der Waals surface area contributed by atoms with E-state index in [-0.39, 0.29) is 5.91 Å². The molecule has 1 saturated heterocycles. The molecule has 0 saturated carbocycles. The molecule has 1 aliphatic rings. The van der Waals surface area contributed by atoms with Gasteiger partial charge in [0.25, 0.3) is 17.0 Å². The highest BCUT2D eigenvalue weighted by molar-refractivity contribution is 7.98. The first-order valence-electron chi connectivity index (χ1n) is 8.60. The second-order valence-electron chi connectivity index (χ2n) is 6.25. The van der Waals surface area contributed by atoms with Crippen LogP contribution in [0.4, 0.5) is 0 Å². The number of furan rings is 1. The van der Waals surface area contributed by atoms with Gasteiger partial charge >= 0.3 is 0 Å². The average Bonchev–Trinajstić information content (AvgIpc) is 3.41. The quantitative estimate of drug-likeness (QED) is 0.629. The number of hydrogen-bond donors (Lipinski definition) is 0. The molecule has 1 amide bonds. The maximum absolute atomic E-state index is 12.4. The van der Waals surface area contributed by atoms with E-state index >= 15 is 0 Å². The summed E-state index contributed by atoms with van der Waals surface area (Å²) in [6.45, 7) is 3.59. The van der Waals surface area contributed by atoms with E-state index in [4.69, 9.17) is 8.83 Å². The normalized spacial score (nSPS) is 14.1. The third-order valence-electron chi connectivity index (χ3n) is 4.45. The molecular formula is C19H19N3O3S. The maximum atomic E-state index is 12.4. The van der Waals surface area contributed by atoms with Crippen LogP contribution >= 0.6 is 11.8 Å². The van der Waals surface area contributed by atoms with Gasteiger partial charge < -0.3 is 13.7 Å². The summed E-state index contributed by atoms with van der Waals surface area (Å²) in [7, 11) is 0. The summed E-state index contributed by atoms with van der Waals surface area (Å²) in [4.78, 5) is 14.3. The summed E-state index contributed by atoms with van der Waals surface area (Å²) in [6.07, 6.45) is 3.81. The van der Waals surface area contributed by atoms with Gasteiger partial charge in [0.1, 0.15) is 5.76 Å². The van der Waals surface area contributed by atoms with Crippen LogP contribution in [-0.4, -0.2) is 34.1 Å². The van der Waals surface area contributed by atoms with Gasteiger partial charge in [0.05, 0.1) is 11.8 Å². The standard InChI is InChI=1S/C19H19N3O3S/c1-13-16(8-11-24-13)17-20-21-19(25-17)26-12-14-4-6-15(7-5-14)18(23)22-9-2-3-10-22/h4-8,11H,2-3,9-10,12H2,1H3. The minimum atomic E-state index is 0.124. The summed E-state index contributed by atoms with van der Waals surface area (Å²) >= 11 is 1.47. The van der Waals surface area contributed by atoms with E-state index in [1.54, 1.807) is 6.26 Å². The van der Waals surface area contributed by atoms with Crippen molar-refractivity contribution in [1.29, 1.82) is 0 Å². The monoisotopic (exact) mass is 369 g/mol. The summed E-state index contributed by atoms with van der Waals surface area (Å²) in [6, 6.07) is 9.56. The van der Waals surface area contributed by atoms with Crippen LogP contribution in [0.15, 0.2) is 50.7 Å². The van der Waals surface area contributed by atoms with Crippen molar-refractivity contribution < 1.29 is 13.6 Å². The van der Waals surface area contributed by atoms with Crippen molar-refractivity contribution in [3.63, 3.8) is 0 Å². The minimum Gasteiger partial charge on any atom is -0.469 e. The topological polar surface area (TPSA) is 72.4 Å². The molecule has 0 N–H and O–H groups in total. The summed E-state index contributed by atoms with van der Waals surface area (Å²) in [5, 5.41) is 8.65. The van der Waals surface area contributed by atoms with Gasteiger partial charge in [-0.15, -0.1) is 10.2 Å². The molecule has 4 rings (SSSR count). The number of amides is 1. The Morgan fingerprint density at radius 3 is 2.62 bits per heavy atom. The van der Waals surface area contributed by atoms with Crippen LogP contribution in [-0.2, 0) is 5.75 Å². The Hall–Kier alpha value is -2.54. The third-order valence-corrected chi connectivity index (χ3v) is 5.34. The fourth-order valence-corrected chi connectivity index (χ4v) is 3.69. The van der Waals surface area contributed by atoms with E-state index in [0.29, 0.717) is 16.9 Å². The first kappa shape index (κ1) is 16.9. The third kappa shape index (κ3) is 3.53. The number of carbonyl (C=O) groups excluding carboxylic acids is 1. The molecule has 26 heavy (non-hydrogen) atoms. The Morgan fingerprint density at radius 2 is 1.92 bits per heavy atom. The molecule has 1 aliphatic heterocycles. The Balaban J connectivity index is 1.37. The largest absolute Gasteiger partial charge is 0.469 e. The highest BCUT2D eigenvalue weighted by Crippen LogP contribution is 2.28. The Kier molecular flexibility index (Phi) is 4.79. The molecule has 1 fully saturated rings. The predicted octanol–water partition coefficient (Wildman–Crippen LogP) is 4.17. The Bertz CT molecular complexity index is 895. The van der Waals surface area contributed by atoms with Gasteiger partial charge in [-0.3, -0.25) is 4.79 Å². The lowest BCUT2D eigenvalue weighted by Gasteiger charge is -2.15. The number of likely N-dealkylation sites (tertiary alicyclic amines) is 1. The van der Waals surface area contributed by atoms with E-state index in [9.17, 15) is 4.79 Å². The van der Waals surface area contributed by atoms with Gasteiger partial charge in [0.15, 0.2) is 0 Å². The van der Waals surface area contributed by atoms with Crippen molar-refractivity contribution in [1.82, 2.24) is 15.1 Å². The first-order valence-corrected chi connectivity index (χ1v) is 9.58. The number of aryl methyl sites for hydroxylation is 1. The molecule has 134 valence electrons. The van der Waals surface area contributed by atoms with Crippen molar-refractivity contribution in [2.45, 2.75) is 30.7 Å². The van der Waals surface area contributed by atoms with Crippen molar-refractivity contribution in [3.8, 4) is 11.5 Å². The van der Waals surface area contributed by atoms with E-state index in [1.165, 1.54) is 11.8 Å². The molecule has 0 radical (unpaired) electrons. The van der Waals surface area contributed by atoms with Gasteiger partial charge in [-0.25, -0.2) is 0 Å². The van der Waals surface area contributed by atoms with E-state index in [1.807, 2.05) is 42.2 Å². The van der Waals surface area contributed by atoms with E-state index in [0.717, 1.165) is 48.4 Å². The number of nitrogens with zero attached hydrogens (tertiary/aromatic N) is 3. The van der Waals surface area contributed by atoms with Crippen LogP contribution in [0.25, 0.3) is 11.5 Å². The molecule has 2 aromatic heterocycles. The van der Waals surface area contributed by atoms with Crippen LogP contribution in [0.3, 0.4) is 0 Å². The van der Waals surface area contributed by atoms with Crippen LogP contribution in [0, 0.1) is 6.92 Å². The molecule has 1 aromatic carbocycles. The van der Waals surface area contributed by atoms with Crippen LogP contribution in [0.2, 0.25) is 0 Å². The lowest BCUT2D eigenvalue weighted by Crippen LogP contribution is -2.27. The highest BCUT2D eigenvalue weighted by atomic mass is 32.2. The second kappa shape index (κ2) is 7.37. The second-order valence-corrected chi connectivity index (χ2v) is 7.18. The first-order chi connectivity index (χ1) is 12.7. The molecule has 7 heteroatoms. The van der Waals surface area contributed by atoms with Crippen LogP contribution in [0.5, 0.6) is 0 Å². The van der Waals surface area contributed by atoms with Crippen LogP contribution < -0.4 is 0 Å². The lowest BCUT2D eigenvalue weighted by molar-refractivity contribution is 0.0793. The van der Waals surface area contributed by atoms with Crippen molar-refractivity contribution in [3.05, 3.63) is 53.5 Å². The minimum absolute atomic E-state index is 0.124. The molecule has 0 aliphatic carbocycles. The molecule has 0 unspecified atom stereocenters. The van der Waals surface area contributed by atoms with Gasteiger partial charge in [-0.2, -0.15) is 0 Å². The molecule has 6 nitrogen and oxygen atoms in total. The summed E-state index contributed by atoms with van der Waals surface area (Å²) < 4.78 is 10.9. The molecule has 0 spiro atoms. The van der Waals surface area contributed by atoms with Gasteiger partial charge in [0.2, 0.25) is 0 Å². The zero-order chi connectivity index (χ0) is 17.9. The molecule has 0 bridgehead atoms. The zero-order valence-corrected chi connectivity index (χ0v) is 15.3. The van der Waals surface area contributed by atoms with E-state index in [2.05, 4.69) is 10.2 Å². The van der Waals surface area contributed by atoms with E-state index < -0.39 is 0 Å². The predicted molar refractivity (Wildman–Crippen MR) is 97.9 cm³/mol. The molecule has 3 aromatic rings. The smallest absolute Gasteiger partial charge is 0.277 e. The maximum Gasteiger partial charge on any atom is 0.277 e. The highest BCUT2D eigenvalue weighted by Gasteiger charge is 2.19. The number of thioether (sulfide) groups is 1. The lowest BCUT2D eigenvalue weighted by atomic mass is 10.1. The number of carbonyl (C=O) groups is 1. The van der Waals surface area contributed by atoms with Crippen molar-refractivity contribution in [2.75, 3.05) is 13.1 Å². The Labute approximate surface area is 155 Å². The molecule has 3 heterocycles. The fraction of sp³-hybridized carbons (Fsp3) is 0.316. The van der Waals surface area contributed by atoms with Gasteiger partial charge in [-0.05, 0) is 43.5 Å². The molecular weight excluding hydrogens is 350 g/mol. The Morgan fingerprint density at radius 1 is 1.15 bits per heavy atom. The van der Waals surface area contributed by atoms with Gasteiger partial charge in [-0.1, -0.05) is 23.9 Å². The number of aromatic nitrogens is 2. The summed E-state index contributed by atoms with van der Waals surface area (Å²) in [5.41, 5.74) is 2.66. The van der Waals surface area contributed by atoms with Crippen molar-refractivity contribution in [2.24, 2.45) is 0 Å². The number of benzene rings is 1. The fourth-order valence-electron chi connectivity index (χ4n) is 2.98. The average molecular weight is 369 g/mol. The van der Waals surface area contributed by atoms with Crippen molar-refractivity contribution >= 4 is 17.7 Å². The summed E-state index contributed by atoms with van der Waals surface area (Å²) in [5.74, 6) is 2.04. The van der Waals surface area contributed by atoms with Gasteiger partial charge in [0, 0.05) is 24.4 Å². The molecule has 0 atom stereocenters. The number of rotatable bonds is 5. The zero-order valence-electron chi connectivity index (χ0n) is 14.5.